The van der Waals surface area contributed by atoms with Crippen LogP contribution in [0.5, 0.6) is 0 Å². The molecule has 0 saturated carbocycles. The summed E-state index contributed by atoms with van der Waals surface area (Å²) in [6.07, 6.45) is 4.59. The van der Waals surface area contributed by atoms with Gasteiger partial charge in [-0.1, -0.05) is 32.0 Å². The third-order valence-corrected chi connectivity index (χ3v) is 3.83. The molecule has 5 heteroatoms. The zero-order valence-corrected chi connectivity index (χ0v) is 10.6. The van der Waals surface area contributed by atoms with Crippen LogP contribution in [0, 0.1) is 0 Å². The van der Waals surface area contributed by atoms with E-state index in [1.807, 2.05) is 0 Å². The van der Waals surface area contributed by atoms with Crippen LogP contribution < -0.4 is 11.3 Å². The Bertz CT molecular complexity index is 366. The zero-order valence-electron chi connectivity index (χ0n) is 9.77. The van der Waals surface area contributed by atoms with Gasteiger partial charge >= 0.3 is 0 Å². The van der Waals surface area contributed by atoms with Crippen molar-refractivity contribution in [3.05, 3.63) is 22.6 Å². The second-order valence-corrected chi connectivity index (χ2v) is 4.98. The molecule has 0 spiro atoms. The van der Waals surface area contributed by atoms with Crippen LogP contribution in [0.3, 0.4) is 0 Å². The Hall–Kier alpha value is -0.810. The summed E-state index contributed by atoms with van der Waals surface area (Å²) in [5.41, 5.74) is 5.97. The third-order valence-electron chi connectivity index (χ3n) is 2.41. The fourth-order valence-electron chi connectivity index (χ4n) is 1.55. The quantitative estimate of drug-likeness (QED) is 0.588. The smallest absolute Gasteiger partial charge is 0.251 e. The van der Waals surface area contributed by atoms with Crippen molar-refractivity contribution in [3.8, 4) is 0 Å². The predicted molar refractivity (Wildman–Crippen MR) is 67.7 cm³/mol. The van der Waals surface area contributed by atoms with Crippen molar-refractivity contribution < 1.29 is 0 Å². The number of aromatic nitrogens is 2. The predicted octanol–water partition coefficient (Wildman–Crippen LogP) is 1.77. The fourth-order valence-corrected chi connectivity index (χ4v) is 2.59. The van der Waals surface area contributed by atoms with Gasteiger partial charge in [0.1, 0.15) is 0 Å². The monoisotopic (exact) mass is 241 g/mol. The maximum atomic E-state index is 11.1. The van der Waals surface area contributed by atoms with Gasteiger partial charge in [-0.05, 0) is 12.8 Å². The van der Waals surface area contributed by atoms with Gasteiger partial charge in [0, 0.05) is 23.6 Å². The molecule has 2 atom stereocenters. The molecule has 2 unspecified atom stereocenters. The van der Waals surface area contributed by atoms with Gasteiger partial charge in [0.25, 0.3) is 5.56 Å². The van der Waals surface area contributed by atoms with Crippen molar-refractivity contribution in [3.63, 3.8) is 0 Å². The molecule has 1 aromatic rings. The van der Waals surface area contributed by atoms with E-state index >= 15 is 0 Å². The number of hydrogen-bond donors (Lipinski definition) is 2. The topological polar surface area (TPSA) is 71.8 Å². The van der Waals surface area contributed by atoms with E-state index in [4.69, 9.17) is 5.73 Å². The molecular formula is C11H19N3OS. The van der Waals surface area contributed by atoms with Crippen LogP contribution in [0.2, 0.25) is 0 Å². The zero-order chi connectivity index (χ0) is 12.0. The first-order valence-corrected chi connectivity index (χ1v) is 6.52. The Morgan fingerprint density at radius 3 is 2.88 bits per heavy atom. The number of thioether (sulfide) groups is 1. The highest BCUT2D eigenvalue weighted by Gasteiger charge is 2.17. The number of H-pyrrole nitrogens is 1. The van der Waals surface area contributed by atoms with E-state index < -0.39 is 0 Å². The van der Waals surface area contributed by atoms with Crippen molar-refractivity contribution >= 4 is 11.8 Å². The molecule has 1 heterocycles. The maximum absolute atomic E-state index is 11.1. The fraction of sp³-hybridized carbons (Fsp3) is 0.636. The molecule has 0 aliphatic carbocycles. The Balaban J connectivity index is 2.66. The lowest BCUT2D eigenvalue weighted by atomic mass is 10.1. The van der Waals surface area contributed by atoms with Crippen LogP contribution in [-0.4, -0.2) is 21.3 Å². The molecule has 3 N–H and O–H groups in total. The normalized spacial score (nSPS) is 14.7. The molecule has 0 amide bonds. The molecule has 4 nitrogen and oxygen atoms in total. The Morgan fingerprint density at radius 2 is 2.31 bits per heavy atom. The van der Waals surface area contributed by atoms with Gasteiger partial charge in [0.05, 0.1) is 0 Å². The van der Waals surface area contributed by atoms with E-state index in [1.54, 1.807) is 11.8 Å². The number of nitrogens with one attached hydrogen (secondary N) is 1. The molecule has 90 valence electrons. The minimum atomic E-state index is -0.114. The van der Waals surface area contributed by atoms with Crippen LogP contribution in [0.25, 0.3) is 0 Å². The molecule has 0 aliphatic rings. The van der Waals surface area contributed by atoms with Gasteiger partial charge in [-0.3, -0.25) is 4.79 Å². The highest BCUT2D eigenvalue weighted by molar-refractivity contribution is 7.99. The summed E-state index contributed by atoms with van der Waals surface area (Å²) < 4.78 is 0. The van der Waals surface area contributed by atoms with Crippen LogP contribution in [0.15, 0.2) is 22.2 Å². The second kappa shape index (κ2) is 6.70. The third kappa shape index (κ3) is 3.98. The summed E-state index contributed by atoms with van der Waals surface area (Å²) in [7, 11) is 0. The molecule has 0 bridgehead atoms. The molecule has 0 fully saturated rings. The summed E-state index contributed by atoms with van der Waals surface area (Å²) in [6, 6.07) is 1.57. The van der Waals surface area contributed by atoms with Crippen LogP contribution in [0.1, 0.15) is 33.1 Å². The van der Waals surface area contributed by atoms with Gasteiger partial charge in [-0.25, -0.2) is 4.98 Å². The minimum Gasteiger partial charge on any atom is -0.327 e. The van der Waals surface area contributed by atoms with Gasteiger partial charge in [0.2, 0.25) is 0 Å². The number of rotatable bonds is 6. The molecule has 0 radical (unpaired) electrons. The Kier molecular flexibility index (Phi) is 5.55. The highest BCUT2D eigenvalue weighted by atomic mass is 32.2. The van der Waals surface area contributed by atoms with Crippen molar-refractivity contribution in [2.75, 3.05) is 0 Å². The van der Waals surface area contributed by atoms with Gasteiger partial charge in [-0.15, -0.1) is 0 Å². The maximum Gasteiger partial charge on any atom is 0.251 e. The Morgan fingerprint density at radius 1 is 1.56 bits per heavy atom. The molecule has 0 aliphatic heterocycles. The van der Waals surface area contributed by atoms with E-state index in [9.17, 15) is 4.79 Å². The summed E-state index contributed by atoms with van der Waals surface area (Å²) in [4.78, 5) is 17.9. The van der Waals surface area contributed by atoms with Crippen LogP contribution in [-0.2, 0) is 0 Å². The first kappa shape index (κ1) is 13.3. The lowest BCUT2D eigenvalue weighted by molar-refractivity contribution is 0.565. The number of hydrogen-bond acceptors (Lipinski definition) is 4. The average molecular weight is 241 g/mol. The number of aromatic amines is 1. The van der Waals surface area contributed by atoms with E-state index in [0.29, 0.717) is 10.4 Å². The first-order valence-electron chi connectivity index (χ1n) is 5.65. The van der Waals surface area contributed by atoms with E-state index in [1.165, 1.54) is 12.3 Å². The molecular weight excluding hydrogens is 222 g/mol. The number of nitrogens with zero attached hydrogens (tertiary/aromatic N) is 1. The molecule has 0 aromatic carbocycles. The van der Waals surface area contributed by atoms with E-state index in [-0.39, 0.29) is 11.6 Å². The van der Waals surface area contributed by atoms with Crippen molar-refractivity contribution in [2.24, 2.45) is 5.73 Å². The molecule has 1 rings (SSSR count). The van der Waals surface area contributed by atoms with Crippen molar-refractivity contribution in [2.45, 2.75) is 49.6 Å². The lowest BCUT2D eigenvalue weighted by Gasteiger charge is -2.20. The number of nitrogens with two attached hydrogens (primary N) is 1. The molecule has 0 saturated heterocycles. The summed E-state index contributed by atoms with van der Waals surface area (Å²) in [5, 5.41) is 0.969. The standard InChI is InChI=1S/C11H19N3OS/c1-3-5-8(12)9(4-2)16-11-13-7-6-10(15)14-11/h6-9H,3-5,12H2,1-2H3,(H,13,14,15). The summed E-state index contributed by atoms with van der Waals surface area (Å²) in [6.45, 7) is 4.23. The van der Waals surface area contributed by atoms with Crippen molar-refractivity contribution in [1.29, 1.82) is 0 Å². The minimum absolute atomic E-state index is 0.114. The Labute approximate surface area is 100 Å². The molecule has 16 heavy (non-hydrogen) atoms. The van der Waals surface area contributed by atoms with Gasteiger partial charge in [0.15, 0.2) is 5.16 Å². The first-order chi connectivity index (χ1) is 7.67. The van der Waals surface area contributed by atoms with Crippen molar-refractivity contribution in [1.82, 2.24) is 9.97 Å². The molecule has 1 aromatic heterocycles. The SMILES string of the molecule is CCCC(N)C(CC)Sc1nccc(=O)[nH]1. The van der Waals surface area contributed by atoms with Gasteiger partial charge < -0.3 is 10.7 Å². The lowest BCUT2D eigenvalue weighted by Crippen LogP contribution is -2.32. The summed E-state index contributed by atoms with van der Waals surface area (Å²) in [5.74, 6) is 0. The largest absolute Gasteiger partial charge is 0.327 e. The highest BCUT2D eigenvalue weighted by Crippen LogP contribution is 2.24. The second-order valence-electron chi connectivity index (χ2n) is 3.76. The van der Waals surface area contributed by atoms with E-state index in [0.717, 1.165) is 19.3 Å². The van der Waals surface area contributed by atoms with Crippen LogP contribution in [0.4, 0.5) is 0 Å². The van der Waals surface area contributed by atoms with Crippen LogP contribution >= 0.6 is 11.8 Å². The van der Waals surface area contributed by atoms with E-state index in [2.05, 4.69) is 23.8 Å². The van der Waals surface area contributed by atoms with Gasteiger partial charge in [-0.2, -0.15) is 0 Å². The average Bonchev–Trinajstić information content (AvgIpc) is 2.26. The summed E-state index contributed by atoms with van der Waals surface area (Å²) >= 11 is 1.56.